The van der Waals surface area contributed by atoms with Crippen LogP contribution >= 0.6 is 0 Å². The Hall–Kier alpha value is -2.31. The lowest BCUT2D eigenvalue weighted by molar-refractivity contribution is 0.126. The van der Waals surface area contributed by atoms with Crippen LogP contribution in [0.25, 0.3) is 0 Å². The van der Waals surface area contributed by atoms with Crippen molar-refractivity contribution in [3.8, 4) is 11.8 Å². The van der Waals surface area contributed by atoms with Crippen molar-refractivity contribution in [3.05, 3.63) is 65.7 Å². The fraction of sp³-hybridized carbons (Fsp3) is 0.235. The maximum Gasteiger partial charge on any atom is 0.126 e. The summed E-state index contributed by atoms with van der Waals surface area (Å²) in [7, 11) is 1.68. The normalized spacial score (nSPS) is 11.6. The summed E-state index contributed by atoms with van der Waals surface area (Å²) in [5, 5.41) is 8.93. The summed E-state index contributed by atoms with van der Waals surface area (Å²) in [6.45, 7) is 0.623. The topological polar surface area (TPSA) is 42.2 Å². The fourth-order valence-electron chi connectivity index (χ4n) is 1.99. The zero-order valence-electron chi connectivity index (χ0n) is 11.5. The second-order valence-electron chi connectivity index (χ2n) is 4.44. The van der Waals surface area contributed by atoms with Gasteiger partial charge in [0, 0.05) is 13.5 Å². The molecule has 0 saturated carbocycles. The molecule has 0 heterocycles. The molecule has 102 valence electrons. The van der Waals surface area contributed by atoms with Crippen LogP contribution in [-0.4, -0.2) is 13.7 Å². The summed E-state index contributed by atoms with van der Waals surface area (Å²) in [5.74, 6) is 0.703. The molecular formula is C17H17NO2. The van der Waals surface area contributed by atoms with Crippen LogP contribution in [0, 0.1) is 11.3 Å². The maximum absolute atomic E-state index is 8.93. The highest BCUT2D eigenvalue weighted by Crippen LogP contribution is 2.25. The van der Waals surface area contributed by atoms with E-state index in [4.69, 9.17) is 14.7 Å². The molecule has 3 nitrogen and oxygen atoms in total. The van der Waals surface area contributed by atoms with Gasteiger partial charge in [-0.15, -0.1) is 0 Å². The number of benzene rings is 2. The Kier molecular flexibility index (Phi) is 5.16. The predicted molar refractivity (Wildman–Crippen MR) is 77.5 cm³/mol. The first-order valence-corrected chi connectivity index (χ1v) is 6.54. The van der Waals surface area contributed by atoms with E-state index in [9.17, 15) is 0 Å². The lowest BCUT2D eigenvalue weighted by Crippen LogP contribution is -2.10. The van der Waals surface area contributed by atoms with Gasteiger partial charge in [-0.2, -0.15) is 5.26 Å². The molecule has 3 heteroatoms. The lowest BCUT2D eigenvalue weighted by Gasteiger charge is -2.19. The van der Waals surface area contributed by atoms with Gasteiger partial charge in [0.1, 0.15) is 11.9 Å². The van der Waals surface area contributed by atoms with Crippen molar-refractivity contribution in [3.63, 3.8) is 0 Å². The summed E-state index contributed by atoms with van der Waals surface area (Å²) in [5.41, 5.74) is 1.70. The van der Waals surface area contributed by atoms with Gasteiger partial charge in [0.15, 0.2) is 0 Å². The average molecular weight is 267 g/mol. The third kappa shape index (κ3) is 3.84. The molecule has 0 radical (unpaired) electrons. The molecule has 20 heavy (non-hydrogen) atoms. The molecule has 0 fully saturated rings. The van der Waals surface area contributed by atoms with E-state index < -0.39 is 0 Å². The Morgan fingerprint density at radius 3 is 2.60 bits per heavy atom. The van der Waals surface area contributed by atoms with Gasteiger partial charge >= 0.3 is 0 Å². The molecule has 0 aliphatic carbocycles. The van der Waals surface area contributed by atoms with Gasteiger partial charge in [0.2, 0.25) is 0 Å². The van der Waals surface area contributed by atoms with E-state index in [-0.39, 0.29) is 6.10 Å². The molecule has 0 aromatic heterocycles. The van der Waals surface area contributed by atoms with E-state index in [0.717, 1.165) is 12.0 Å². The molecule has 1 unspecified atom stereocenters. The van der Waals surface area contributed by atoms with E-state index >= 15 is 0 Å². The van der Waals surface area contributed by atoms with E-state index in [1.54, 1.807) is 19.2 Å². The molecule has 0 spiro atoms. The van der Waals surface area contributed by atoms with Gasteiger partial charge in [0.25, 0.3) is 0 Å². The third-order valence-corrected chi connectivity index (χ3v) is 3.00. The second kappa shape index (κ2) is 7.32. The molecule has 2 aromatic carbocycles. The Bertz CT molecular complexity index is 575. The van der Waals surface area contributed by atoms with E-state index in [2.05, 4.69) is 6.07 Å². The highest BCUT2D eigenvalue weighted by Gasteiger charge is 2.13. The van der Waals surface area contributed by atoms with Gasteiger partial charge < -0.3 is 9.47 Å². The second-order valence-corrected chi connectivity index (χ2v) is 4.44. The number of hydrogen-bond donors (Lipinski definition) is 0. The number of rotatable bonds is 6. The molecule has 0 aliphatic heterocycles. The molecule has 1 atom stereocenters. The van der Waals surface area contributed by atoms with Crippen molar-refractivity contribution in [1.82, 2.24) is 0 Å². The van der Waals surface area contributed by atoms with Crippen LogP contribution in [0.5, 0.6) is 5.75 Å². The Balaban J connectivity index is 2.17. The van der Waals surface area contributed by atoms with Crippen LogP contribution in [0.15, 0.2) is 54.6 Å². The zero-order valence-corrected chi connectivity index (χ0v) is 11.5. The van der Waals surface area contributed by atoms with Gasteiger partial charge in [0.05, 0.1) is 18.2 Å². The largest absolute Gasteiger partial charge is 0.486 e. The fourth-order valence-corrected chi connectivity index (χ4v) is 1.99. The van der Waals surface area contributed by atoms with Gasteiger partial charge in [-0.1, -0.05) is 36.4 Å². The standard InChI is InChI=1S/C17H17NO2/c1-19-11-10-17(15-7-3-2-4-8-15)20-16-9-5-6-14(12-16)13-18/h2-9,12,17H,10-11H2,1H3. The van der Waals surface area contributed by atoms with E-state index in [1.165, 1.54) is 0 Å². The summed E-state index contributed by atoms with van der Waals surface area (Å²) >= 11 is 0. The van der Waals surface area contributed by atoms with Crippen LogP contribution in [-0.2, 0) is 4.74 Å². The van der Waals surface area contributed by atoms with Crippen LogP contribution in [0.1, 0.15) is 23.7 Å². The van der Waals surface area contributed by atoms with Crippen LogP contribution in [0.4, 0.5) is 0 Å². The summed E-state index contributed by atoms with van der Waals surface area (Å²) in [6, 6.07) is 19.4. The molecule has 0 amide bonds. The molecule has 0 bridgehead atoms. The van der Waals surface area contributed by atoms with Gasteiger partial charge in [-0.05, 0) is 23.8 Å². The van der Waals surface area contributed by atoms with Crippen molar-refractivity contribution in [1.29, 1.82) is 5.26 Å². The highest BCUT2D eigenvalue weighted by molar-refractivity contribution is 5.36. The van der Waals surface area contributed by atoms with Crippen LogP contribution < -0.4 is 4.74 Å². The molecular weight excluding hydrogens is 250 g/mol. The first kappa shape index (κ1) is 14.1. The van der Waals surface area contributed by atoms with Gasteiger partial charge in [-0.25, -0.2) is 0 Å². The highest BCUT2D eigenvalue weighted by atomic mass is 16.5. The van der Waals surface area contributed by atoms with E-state index in [1.807, 2.05) is 42.5 Å². The van der Waals surface area contributed by atoms with Crippen molar-refractivity contribution in [2.75, 3.05) is 13.7 Å². The minimum atomic E-state index is -0.0786. The van der Waals surface area contributed by atoms with Crippen molar-refractivity contribution >= 4 is 0 Å². The van der Waals surface area contributed by atoms with E-state index in [0.29, 0.717) is 17.9 Å². The zero-order chi connectivity index (χ0) is 14.2. The molecule has 2 aromatic rings. The number of nitrogens with zero attached hydrogens (tertiary/aromatic N) is 1. The summed E-state index contributed by atoms with van der Waals surface area (Å²) in [4.78, 5) is 0. The Morgan fingerprint density at radius 2 is 1.90 bits per heavy atom. The quantitative estimate of drug-likeness (QED) is 0.801. The Labute approximate surface area is 119 Å². The smallest absolute Gasteiger partial charge is 0.126 e. The summed E-state index contributed by atoms with van der Waals surface area (Å²) in [6.07, 6.45) is 0.683. The minimum absolute atomic E-state index is 0.0786. The first-order valence-electron chi connectivity index (χ1n) is 6.54. The number of ether oxygens (including phenoxy) is 2. The lowest BCUT2D eigenvalue weighted by atomic mass is 10.1. The van der Waals surface area contributed by atoms with Crippen molar-refractivity contribution in [2.24, 2.45) is 0 Å². The number of methoxy groups -OCH3 is 1. The van der Waals surface area contributed by atoms with Crippen molar-refractivity contribution < 1.29 is 9.47 Å². The van der Waals surface area contributed by atoms with Crippen molar-refractivity contribution in [2.45, 2.75) is 12.5 Å². The molecule has 0 aliphatic rings. The average Bonchev–Trinajstić information content (AvgIpc) is 2.52. The maximum atomic E-state index is 8.93. The molecule has 0 N–H and O–H groups in total. The summed E-state index contributed by atoms with van der Waals surface area (Å²) < 4.78 is 11.2. The minimum Gasteiger partial charge on any atom is -0.486 e. The van der Waals surface area contributed by atoms with Gasteiger partial charge in [-0.3, -0.25) is 0 Å². The Morgan fingerprint density at radius 1 is 1.10 bits per heavy atom. The third-order valence-electron chi connectivity index (χ3n) is 3.00. The van der Waals surface area contributed by atoms with Crippen LogP contribution in [0.2, 0.25) is 0 Å². The van der Waals surface area contributed by atoms with Crippen LogP contribution in [0.3, 0.4) is 0 Å². The molecule has 0 saturated heterocycles. The first-order chi connectivity index (χ1) is 9.83. The number of hydrogen-bond acceptors (Lipinski definition) is 3. The monoisotopic (exact) mass is 267 g/mol. The SMILES string of the molecule is COCCC(Oc1cccc(C#N)c1)c1ccccc1. The predicted octanol–water partition coefficient (Wildman–Crippen LogP) is 3.71. The molecule has 2 rings (SSSR count). The number of nitriles is 1.